The zero-order chi connectivity index (χ0) is 12.6. The van der Waals surface area contributed by atoms with Crippen molar-refractivity contribution in [2.75, 3.05) is 7.05 Å². The number of nitrogens with one attached hydrogen (secondary N) is 1. The molecule has 2 aromatic rings. The van der Waals surface area contributed by atoms with Crippen molar-refractivity contribution in [1.29, 1.82) is 0 Å². The number of fused-ring (bicyclic) bond motifs is 1. The lowest BCUT2D eigenvalue weighted by Crippen LogP contribution is -2.20. The highest BCUT2D eigenvalue weighted by atomic mass is 19.1. The Kier molecular flexibility index (Phi) is 3.15. The van der Waals surface area contributed by atoms with Crippen LogP contribution in [0.2, 0.25) is 0 Å². The van der Waals surface area contributed by atoms with E-state index < -0.39 is 11.6 Å². The second kappa shape index (κ2) is 4.45. The molecule has 17 heavy (non-hydrogen) atoms. The Morgan fingerprint density at radius 3 is 2.35 bits per heavy atom. The molecular weight excluding hydrogens is 224 g/mol. The molecule has 0 aliphatic carbocycles. The highest BCUT2D eigenvalue weighted by Gasteiger charge is 2.20. The Morgan fingerprint density at radius 1 is 1.18 bits per heavy atom. The minimum Gasteiger partial charge on any atom is -0.456 e. The first-order valence-electron chi connectivity index (χ1n) is 5.59. The third kappa shape index (κ3) is 2.05. The van der Waals surface area contributed by atoms with E-state index in [-0.39, 0.29) is 22.9 Å². The summed E-state index contributed by atoms with van der Waals surface area (Å²) in [6.45, 7) is 4.03. The van der Waals surface area contributed by atoms with E-state index in [2.05, 4.69) is 5.32 Å². The average molecular weight is 239 g/mol. The van der Waals surface area contributed by atoms with E-state index in [4.69, 9.17) is 4.42 Å². The predicted molar refractivity (Wildman–Crippen MR) is 62.8 cm³/mol. The fraction of sp³-hybridized carbons (Fsp3) is 0.385. The van der Waals surface area contributed by atoms with Gasteiger partial charge in [-0.05, 0) is 31.2 Å². The van der Waals surface area contributed by atoms with Crippen molar-refractivity contribution < 1.29 is 13.2 Å². The summed E-state index contributed by atoms with van der Waals surface area (Å²) in [5, 5.41) is 3.27. The van der Waals surface area contributed by atoms with E-state index in [1.165, 1.54) is 0 Å². The van der Waals surface area contributed by atoms with Gasteiger partial charge in [0.1, 0.15) is 11.6 Å². The maximum Gasteiger partial charge on any atom is 0.172 e. The molecule has 4 heteroatoms. The smallest absolute Gasteiger partial charge is 0.172 e. The molecule has 1 atom stereocenters. The van der Waals surface area contributed by atoms with E-state index in [1.54, 1.807) is 13.1 Å². The van der Waals surface area contributed by atoms with Gasteiger partial charge < -0.3 is 9.73 Å². The lowest BCUT2D eigenvalue weighted by Gasteiger charge is -2.16. The molecule has 1 unspecified atom stereocenters. The van der Waals surface area contributed by atoms with E-state index in [9.17, 15) is 8.78 Å². The maximum atomic E-state index is 13.5. The van der Waals surface area contributed by atoms with Gasteiger partial charge in [-0.1, -0.05) is 13.8 Å². The van der Waals surface area contributed by atoms with E-state index >= 15 is 0 Å². The second-order valence-corrected chi connectivity index (χ2v) is 4.43. The lowest BCUT2D eigenvalue weighted by molar-refractivity contribution is 0.367. The summed E-state index contributed by atoms with van der Waals surface area (Å²) in [6.07, 6.45) is 0. The zero-order valence-electron chi connectivity index (χ0n) is 10.1. The van der Waals surface area contributed by atoms with Gasteiger partial charge in [-0.25, -0.2) is 8.78 Å². The van der Waals surface area contributed by atoms with Crippen LogP contribution in [0.1, 0.15) is 25.6 Å². The van der Waals surface area contributed by atoms with E-state index in [0.717, 1.165) is 12.1 Å². The molecule has 0 bridgehead atoms. The number of hydrogen-bond acceptors (Lipinski definition) is 2. The third-order valence-corrected chi connectivity index (χ3v) is 2.89. The van der Waals surface area contributed by atoms with E-state index in [1.807, 2.05) is 13.8 Å². The fourth-order valence-corrected chi connectivity index (χ4v) is 2.03. The standard InChI is InChI=1S/C13H15F2NO/c1-7(2)12(16-3)11-6-8-9(14)4-5-10(15)13(8)17-11/h4-7,12,16H,1-3H3. The number of halogens is 2. The Balaban J connectivity index is 2.58. The molecule has 0 saturated heterocycles. The van der Waals surface area contributed by atoms with Crippen molar-refractivity contribution in [2.24, 2.45) is 5.92 Å². The molecule has 2 nitrogen and oxygen atoms in total. The van der Waals surface area contributed by atoms with Gasteiger partial charge in [0.05, 0.1) is 11.4 Å². The molecule has 0 spiro atoms. The van der Waals surface area contributed by atoms with Crippen molar-refractivity contribution in [1.82, 2.24) is 5.32 Å². The SMILES string of the molecule is CNC(c1cc2c(F)ccc(F)c2o1)C(C)C. The number of furan rings is 1. The highest BCUT2D eigenvalue weighted by Crippen LogP contribution is 2.30. The molecule has 0 aliphatic heterocycles. The molecule has 0 radical (unpaired) electrons. The molecule has 1 aromatic carbocycles. The molecular formula is C13H15F2NO. The summed E-state index contributed by atoms with van der Waals surface area (Å²) in [7, 11) is 1.80. The van der Waals surface area contributed by atoms with Gasteiger partial charge in [0.25, 0.3) is 0 Å². The van der Waals surface area contributed by atoms with Crippen LogP contribution < -0.4 is 5.32 Å². The lowest BCUT2D eigenvalue weighted by atomic mass is 10.0. The summed E-state index contributed by atoms with van der Waals surface area (Å²) in [5.74, 6) is -0.172. The first-order valence-corrected chi connectivity index (χ1v) is 5.59. The molecule has 0 fully saturated rings. The summed E-state index contributed by atoms with van der Waals surface area (Å²) in [4.78, 5) is 0. The molecule has 0 aliphatic rings. The number of rotatable bonds is 3. The zero-order valence-corrected chi connectivity index (χ0v) is 10.1. The van der Waals surface area contributed by atoms with Crippen LogP contribution in [0.15, 0.2) is 22.6 Å². The maximum absolute atomic E-state index is 13.5. The summed E-state index contributed by atoms with van der Waals surface area (Å²) in [6, 6.07) is 3.70. The quantitative estimate of drug-likeness (QED) is 0.884. The first-order chi connectivity index (χ1) is 8.04. The molecule has 1 heterocycles. The first kappa shape index (κ1) is 12.0. The Bertz CT molecular complexity index is 494. The summed E-state index contributed by atoms with van der Waals surface area (Å²) in [5.41, 5.74) is -0.0131. The minimum absolute atomic E-state index is 0.0131. The molecule has 1 N–H and O–H groups in total. The molecule has 0 saturated carbocycles. The second-order valence-electron chi connectivity index (χ2n) is 4.43. The van der Waals surface area contributed by atoms with Crippen molar-refractivity contribution in [2.45, 2.75) is 19.9 Å². The molecule has 2 rings (SSSR count). The molecule has 1 aromatic heterocycles. The van der Waals surface area contributed by atoms with Gasteiger partial charge >= 0.3 is 0 Å². The van der Waals surface area contributed by atoms with Crippen LogP contribution in [0, 0.1) is 17.6 Å². The van der Waals surface area contributed by atoms with Crippen molar-refractivity contribution in [3.63, 3.8) is 0 Å². The average Bonchev–Trinajstić information content (AvgIpc) is 2.70. The van der Waals surface area contributed by atoms with Crippen molar-refractivity contribution >= 4 is 11.0 Å². The van der Waals surface area contributed by atoms with Gasteiger partial charge in [-0.15, -0.1) is 0 Å². The topological polar surface area (TPSA) is 25.2 Å². The third-order valence-electron chi connectivity index (χ3n) is 2.89. The van der Waals surface area contributed by atoms with Crippen molar-refractivity contribution in [3.05, 3.63) is 35.6 Å². The van der Waals surface area contributed by atoms with Gasteiger partial charge in [-0.2, -0.15) is 0 Å². The largest absolute Gasteiger partial charge is 0.456 e. The Hall–Kier alpha value is -1.42. The van der Waals surface area contributed by atoms with Gasteiger partial charge in [0.2, 0.25) is 0 Å². The summed E-state index contributed by atoms with van der Waals surface area (Å²) < 4.78 is 32.4. The number of hydrogen-bond donors (Lipinski definition) is 1. The Labute approximate surface area is 98.6 Å². The molecule has 92 valence electrons. The van der Waals surface area contributed by atoms with Crippen LogP contribution in [0.4, 0.5) is 8.78 Å². The van der Waals surface area contributed by atoms with E-state index in [0.29, 0.717) is 5.76 Å². The number of benzene rings is 1. The highest BCUT2D eigenvalue weighted by molar-refractivity contribution is 5.79. The van der Waals surface area contributed by atoms with Gasteiger partial charge in [0.15, 0.2) is 11.4 Å². The van der Waals surface area contributed by atoms with Crippen LogP contribution >= 0.6 is 0 Å². The van der Waals surface area contributed by atoms with Crippen LogP contribution in [-0.2, 0) is 0 Å². The van der Waals surface area contributed by atoms with Crippen LogP contribution in [-0.4, -0.2) is 7.05 Å². The normalized spacial score (nSPS) is 13.5. The Morgan fingerprint density at radius 2 is 1.82 bits per heavy atom. The molecule has 0 amide bonds. The van der Waals surface area contributed by atoms with Gasteiger partial charge in [-0.3, -0.25) is 0 Å². The van der Waals surface area contributed by atoms with Crippen LogP contribution in [0.25, 0.3) is 11.0 Å². The van der Waals surface area contributed by atoms with Crippen LogP contribution in [0.5, 0.6) is 0 Å². The minimum atomic E-state index is -0.536. The predicted octanol–water partition coefficient (Wildman–Crippen LogP) is 3.63. The van der Waals surface area contributed by atoms with Crippen molar-refractivity contribution in [3.8, 4) is 0 Å². The summed E-state index contributed by atoms with van der Waals surface area (Å²) >= 11 is 0. The fourth-order valence-electron chi connectivity index (χ4n) is 2.03. The van der Waals surface area contributed by atoms with Gasteiger partial charge in [0, 0.05) is 0 Å². The monoisotopic (exact) mass is 239 g/mol. The van der Waals surface area contributed by atoms with Crippen LogP contribution in [0.3, 0.4) is 0 Å².